The molecule has 4 nitrogen and oxygen atoms in total. The molecule has 0 unspecified atom stereocenters. The molecule has 1 aromatic rings. The molecule has 0 atom stereocenters. The molecule has 1 aliphatic rings. The summed E-state index contributed by atoms with van der Waals surface area (Å²) in [7, 11) is 1.87. The number of rotatable bonds is 4. The van der Waals surface area contributed by atoms with Crippen LogP contribution in [0, 0.1) is 6.92 Å². The summed E-state index contributed by atoms with van der Waals surface area (Å²) in [5.74, 6) is 0.853. The Morgan fingerprint density at radius 1 is 1.65 bits per heavy atom. The summed E-state index contributed by atoms with van der Waals surface area (Å²) in [5, 5.41) is 2.96. The molecule has 1 N–H and O–H groups in total. The second kappa shape index (κ2) is 5.04. The molecular formula is C12H16BrN3O. The van der Waals surface area contributed by atoms with E-state index in [0.29, 0.717) is 12.6 Å². The van der Waals surface area contributed by atoms with Crippen molar-refractivity contribution in [1.29, 1.82) is 0 Å². The highest BCUT2D eigenvalue weighted by Crippen LogP contribution is 2.23. The van der Waals surface area contributed by atoms with Gasteiger partial charge in [0.2, 0.25) is 5.91 Å². The molecule has 0 aromatic carbocycles. The molecule has 0 spiro atoms. The molecule has 1 amide bonds. The van der Waals surface area contributed by atoms with E-state index in [1.54, 1.807) is 6.20 Å². The molecule has 1 saturated carbocycles. The quantitative estimate of drug-likeness (QED) is 0.923. The third-order valence-corrected chi connectivity index (χ3v) is 3.23. The minimum absolute atomic E-state index is 0.0595. The maximum absolute atomic E-state index is 11.7. The monoisotopic (exact) mass is 297 g/mol. The first-order valence-corrected chi connectivity index (χ1v) is 6.48. The fourth-order valence-electron chi connectivity index (χ4n) is 1.60. The van der Waals surface area contributed by atoms with Crippen molar-refractivity contribution in [1.82, 2.24) is 10.3 Å². The summed E-state index contributed by atoms with van der Waals surface area (Å²) < 4.78 is 0.916. The molecule has 1 aromatic heterocycles. The summed E-state index contributed by atoms with van der Waals surface area (Å²) in [4.78, 5) is 17.8. The first kappa shape index (κ1) is 12.4. The normalized spacial score (nSPS) is 14.5. The van der Waals surface area contributed by atoms with E-state index in [1.807, 2.05) is 24.9 Å². The number of pyridine rings is 1. The molecule has 17 heavy (non-hydrogen) atoms. The molecule has 1 fully saturated rings. The van der Waals surface area contributed by atoms with Crippen LogP contribution in [0.5, 0.6) is 0 Å². The molecule has 1 aliphatic carbocycles. The van der Waals surface area contributed by atoms with Gasteiger partial charge in [0.15, 0.2) is 0 Å². The molecule has 2 rings (SSSR count). The number of aromatic nitrogens is 1. The number of hydrogen-bond donors (Lipinski definition) is 1. The highest BCUT2D eigenvalue weighted by Gasteiger charge is 2.23. The minimum Gasteiger partial charge on any atom is -0.352 e. The Bertz CT molecular complexity index is 432. The van der Waals surface area contributed by atoms with Crippen molar-refractivity contribution in [3.8, 4) is 0 Å². The van der Waals surface area contributed by atoms with E-state index in [-0.39, 0.29) is 5.91 Å². The molecule has 0 saturated heterocycles. The Morgan fingerprint density at radius 3 is 2.94 bits per heavy atom. The topological polar surface area (TPSA) is 45.2 Å². The Balaban J connectivity index is 1.97. The molecule has 1 heterocycles. The average Bonchev–Trinajstić information content (AvgIpc) is 3.00. The smallest absolute Gasteiger partial charge is 0.239 e. The maximum atomic E-state index is 11.7. The SMILES string of the molecule is Cc1cnc(N(C)CC(=O)NC2CC2)c(Br)c1. The van der Waals surface area contributed by atoms with Crippen molar-refractivity contribution in [2.75, 3.05) is 18.5 Å². The number of carbonyl (C=O) groups excluding carboxylic acids is 1. The fraction of sp³-hybridized carbons (Fsp3) is 0.500. The predicted molar refractivity (Wildman–Crippen MR) is 71.1 cm³/mol. The summed E-state index contributed by atoms with van der Waals surface area (Å²) in [6.07, 6.45) is 4.03. The number of carbonyl (C=O) groups is 1. The Hall–Kier alpha value is -1.10. The van der Waals surface area contributed by atoms with Gasteiger partial charge in [0, 0.05) is 19.3 Å². The van der Waals surface area contributed by atoms with Crippen molar-refractivity contribution >= 4 is 27.7 Å². The van der Waals surface area contributed by atoms with Gasteiger partial charge in [-0.05, 0) is 47.3 Å². The van der Waals surface area contributed by atoms with Gasteiger partial charge >= 0.3 is 0 Å². The third kappa shape index (κ3) is 3.43. The average molecular weight is 298 g/mol. The van der Waals surface area contributed by atoms with Crippen LogP contribution in [0.25, 0.3) is 0 Å². The number of hydrogen-bond acceptors (Lipinski definition) is 3. The number of nitrogens with zero attached hydrogens (tertiary/aromatic N) is 2. The second-order valence-electron chi connectivity index (χ2n) is 4.52. The van der Waals surface area contributed by atoms with Gasteiger partial charge < -0.3 is 10.2 Å². The maximum Gasteiger partial charge on any atom is 0.239 e. The zero-order valence-corrected chi connectivity index (χ0v) is 11.6. The predicted octanol–water partition coefficient (Wildman–Crippen LogP) is 1.87. The summed E-state index contributed by atoms with van der Waals surface area (Å²) >= 11 is 3.46. The fourth-order valence-corrected chi connectivity index (χ4v) is 2.36. The lowest BCUT2D eigenvalue weighted by atomic mass is 10.3. The number of halogens is 1. The Kier molecular flexibility index (Phi) is 3.66. The largest absolute Gasteiger partial charge is 0.352 e. The van der Waals surface area contributed by atoms with Crippen LogP contribution in [0.15, 0.2) is 16.7 Å². The van der Waals surface area contributed by atoms with Crippen molar-refractivity contribution < 1.29 is 4.79 Å². The van der Waals surface area contributed by atoms with Gasteiger partial charge in [0.05, 0.1) is 11.0 Å². The molecule has 0 aliphatic heterocycles. The summed E-state index contributed by atoms with van der Waals surface area (Å²) in [6.45, 7) is 2.33. The second-order valence-corrected chi connectivity index (χ2v) is 5.37. The van der Waals surface area contributed by atoms with Gasteiger partial charge in [-0.1, -0.05) is 0 Å². The molecule has 0 bridgehead atoms. The van der Waals surface area contributed by atoms with Crippen molar-refractivity contribution in [3.05, 3.63) is 22.3 Å². The molecule has 5 heteroatoms. The van der Waals surface area contributed by atoms with E-state index >= 15 is 0 Å². The third-order valence-electron chi connectivity index (χ3n) is 2.64. The molecule has 0 radical (unpaired) electrons. The lowest BCUT2D eigenvalue weighted by Gasteiger charge is -2.19. The van der Waals surface area contributed by atoms with E-state index in [0.717, 1.165) is 28.7 Å². The minimum atomic E-state index is 0.0595. The highest BCUT2D eigenvalue weighted by molar-refractivity contribution is 9.10. The first-order valence-electron chi connectivity index (χ1n) is 5.69. The van der Waals surface area contributed by atoms with Gasteiger partial charge in [-0.3, -0.25) is 4.79 Å². The van der Waals surface area contributed by atoms with Crippen LogP contribution < -0.4 is 10.2 Å². The number of likely N-dealkylation sites (N-methyl/N-ethyl adjacent to an activating group) is 1. The number of amides is 1. The Labute approximate surface area is 110 Å². The van der Waals surface area contributed by atoms with Crippen LogP contribution in [0.2, 0.25) is 0 Å². The summed E-state index contributed by atoms with van der Waals surface area (Å²) in [6, 6.07) is 2.41. The molecule has 92 valence electrons. The summed E-state index contributed by atoms with van der Waals surface area (Å²) in [5.41, 5.74) is 1.09. The standard InChI is InChI=1S/C12H16BrN3O/c1-8-5-10(13)12(14-6-8)16(2)7-11(17)15-9-3-4-9/h5-6,9H,3-4,7H2,1-2H3,(H,15,17). The van der Waals surface area contributed by atoms with Gasteiger partial charge in [-0.2, -0.15) is 0 Å². The highest BCUT2D eigenvalue weighted by atomic mass is 79.9. The van der Waals surface area contributed by atoms with E-state index < -0.39 is 0 Å². The van der Waals surface area contributed by atoms with Crippen LogP contribution in [-0.4, -0.2) is 30.5 Å². The Morgan fingerprint density at radius 2 is 2.35 bits per heavy atom. The van der Waals surface area contributed by atoms with Crippen LogP contribution in [0.4, 0.5) is 5.82 Å². The first-order chi connectivity index (χ1) is 8.06. The zero-order valence-electron chi connectivity index (χ0n) is 10.0. The van der Waals surface area contributed by atoms with Crippen molar-refractivity contribution in [2.24, 2.45) is 0 Å². The van der Waals surface area contributed by atoms with E-state index in [9.17, 15) is 4.79 Å². The molecular weight excluding hydrogens is 282 g/mol. The zero-order chi connectivity index (χ0) is 12.4. The van der Waals surface area contributed by atoms with Gasteiger partial charge in [0.1, 0.15) is 5.82 Å². The number of anilines is 1. The number of aryl methyl sites for hydroxylation is 1. The van der Waals surface area contributed by atoms with Gasteiger partial charge in [-0.15, -0.1) is 0 Å². The van der Waals surface area contributed by atoms with Gasteiger partial charge in [-0.25, -0.2) is 4.98 Å². The number of nitrogens with one attached hydrogen (secondary N) is 1. The van der Waals surface area contributed by atoms with E-state index in [1.165, 1.54) is 0 Å². The van der Waals surface area contributed by atoms with Crippen LogP contribution in [0.1, 0.15) is 18.4 Å². The van der Waals surface area contributed by atoms with E-state index in [2.05, 4.69) is 26.2 Å². The van der Waals surface area contributed by atoms with Crippen LogP contribution >= 0.6 is 15.9 Å². The van der Waals surface area contributed by atoms with Crippen molar-refractivity contribution in [2.45, 2.75) is 25.8 Å². The van der Waals surface area contributed by atoms with E-state index in [4.69, 9.17) is 0 Å². The van der Waals surface area contributed by atoms with Crippen molar-refractivity contribution in [3.63, 3.8) is 0 Å². The van der Waals surface area contributed by atoms with Crippen LogP contribution in [-0.2, 0) is 4.79 Å². The van der Waals surface area contributed by atoms with Gasteiger partial charge in [0.25, 0.3) is 0 Å². The lowest BCUT2D eigenvalue weighted by molar-refractivity contribution is -0.119. The van der Waals surface area contributed by atoms with Crippen LogP contribution in [0.3, 0.4) is 0 Å². The lowest BCUT2D eigenvalue weighted by Crippen LogP contribution is -2.36.